The van der Waals surface area contributed by atoms with E-state index in [1.165, 1.54) is 70.2 Å². The molecule has 3 fully saturated rings. The van der Waals surface area contributed by atoms with E-state index in [9.17, 15) is 58.1 Å². The smallest absolute Gasteiger partial charge is 0.423 e. The normalized spacial score (nSPS) is 14.9. The monoisotopic (exact) mass is 1720 g/mol. The molecule has 13 rings (SSSR count). The Hall–Kier alpha value is -13.1. The van der Waals surface area contributed by atoms with Crippen molar-refractivity contribution in [3.05, 3.63) is 197 Å². The number of carbonyl (C=O) groups is 3. The Labute approximate surface area is 695 Å². The first-order valence-corrected chi connectivity index (χ1v) is 39.8. The highest BCUT2D eigenvalue weighted by Gasteiger charge is 2.40. The van der Waals surface area contributed by atoms with Crippen molar-refractivity contribution in [1.29, 1.82) is 0 Å². The summed E-state index contributed by atoms with van der Waals surface area (Å²) < 4.78 is 192. The zero-order valence-electron chi connectivity index (χ0n) is 67.0. The van der Waals surface area contributed by atoms with Gasteiger partial charge in [-0.2, -0.15) is 54.5 Å². The molecule has 3 saturated heterocycles. The van der Waals surface area contributed by atoms with E-state index in [4.69, 9.17) is 39.4 Å². The number of halogens is 10. The number of carbonyl (C=O) groups excluding carboxylic acids is 3. The van der Waals surface area contributed by atoms with Crippen LogP contribution in [0, 0.1) is 25.1 Å². The van der Waals surface area contributed by atoms with Crippen LogP contribution in [0.5, 0.6) is 52.1 Å². The van der Waals surface area contributed by atoms with Crippen LogP contribution in [0.4, 0.5) is 84.5 Å². The number of aromatic nitrogens is 7. The SMILES string of the molecule is C#Cc1c(C)cccc1Oc1nc(Nc2cc(F)c(C(=O)NC3CCN(C)CC3)cc2OC)ncc1C(F)(F)F.C=S(C)(=O)Nc1ccccc1Oc1nc(Nc2ccc(C(=O)NC3CCN(C)CC3)cc2OC)ncc1C(F)(F)F.COc1cc(C(=O)NC2CCN(C)CC2)ccc1Nc1ncc(C(F)(F)F)c(Oc2ccccc2-c2ccon2)n1. The Balaban J connectivity index is 0.000000179. The van der Waals surface area contributed by atoms with Crippen LogP contribution in [0.15, 0.2) is 151 Å². The van der Waals surface area contributed by atoms with Crippen LogP contribution in [0.1, 0.15) is 97.4 Å². The van der Waals surface area contributed by atoms with Crippen molar-refractivity contribution in [2.24, 2.45) is 0 Å². The number of benzene rings is 6. The van der Waals surface area contributed by atoms with E-state index in [0.29, 0.717) is 57.9 Å². The number of terminal acetylenes is 1. The lowest BCUT2D eigenvalue weighted by Gasteiger charge is -2.29. The molecule has 0 bridgehead atoms. The molecule has 4 aromatic heterocycles. The van der Waals surface area contributed by atoms with Crippen molar-refractivity contribution in [3.8, 4) is 75.7 Å². The van der Waals surface area contributed by atoms with Crippen LogP contribution >= 0.6 is 0 Å². The fraction of sp³-hybridized carbons (Fsp3) is 0.313. The summed E-state index contributed by atoms with van der Waals surface area (Å²) in [6.45, 7) is 6.92. The number of piperidine rings is 3. The minimum absolute atomic E-state index is 0.00116. The number of nitrogens with zero attached hydrogens (tertiary/aromatic N) is 10. The third kappa shape index (κ3) is 23.9. The number of hydrogen-bond donors (Lipinski definition) is 7. The summed E-state index contributed by atoms with van der Waals surface area (Å²) in [7, 11) is 7.44. The summed E-state index contributed by atoms with van der Waals surface area (Å²) in [5.74, 6) is 1.58. The molecule has 3 amide bonds. The minimum atomic E-state index is -4.83. The predicted molar refractivity (Wildman–Crippen MR) is 436 cm³/mol. The van der Waals surface area contributed by atoms with Crippen molar-refractivity contribution in [1.82, 2.24) is 65.7 Å². The van der Waals surface area contributed by atoms with Gasteiger partial charge in [0.25, 0.3) is 17.7 Å². The van der Waals surface area contributed by atoms with E-state index in [1.54, 1.807) is 85.8 Å². The number of para-hydroxylation sites is 3. The molecular weight excluding hydrogens is 1630 g/mol. The van der Waals surface area contributed by atoms with E-state index < -0.39 is 74.3 Å². The Morgan fingerprint density at radius 1 is 0.508 bits per heavy atom. The summed E-state index contributed by atoms with van der Waals surface area (Å²) in [5, 5.41) is 21.1. The van der Waals surface area contributed by atoms with Crippen molar-refractivity contribution in [2.75, 3.05) is 109 Å². The summed E-state index contributed by atoms with van der Waals surface area (Å²) in [4.78, 5) is 68.2. The van der Waals surface area contributed by atoms with Gasteiger partial charge in [0.15, 0.2) is 5.75 Å². The zero-order chi connectivity index (χ0) is 87.8. The average molecular weight is 1720 g/mol. The van der Waals surface area contributed by atoms with Gasteiger partial charge in [-0.15, -0.1) is 6.42 Å². The second kappa shape index (κ2) is 39.4. The van der Waals surface area contributed by atoms with E-state index in [1.807, 2.05) is 21.1 Å². The maximum atomic E-state index is 15.0. The molecule has 0 aliphatic carbocycles. The molecule has 6 aromatic carbocycles. The van der Waals surface area contributed by atoms with Crippen LogP contribution < -0.4 is 65.0 Å². The van der Waals surface area contributed by atoms with Crippen LogP contribution in [0.2, 0.25) is 0 Å². The third-order valence-electron chi connectivity index (χ3n) is 19.4. The maximum Gasteiger partial charge on any atom is 0.423 e. The van der Waals surface area contributed by atoms with Gasteiger partial charge >= 0.3 is 18.5 Å². The van der Waals surface area contributed by atoms with Crippen molar-refractivity contribution in [3.63, 3.8) is 0 Å². The largest absolute Gasteiger partial charge is 0.495 e. The number of aryl methyl sites for hydroxylation is 1. The van der Waals surface area contributed by atoms with Gasteiger partial charge < -0.3 is 84.3 Å². The second-order valence-electron chi connectivity index (χ2n) is 28.5. The van der Waals surface area contributed by atoms with Crippen LogP contribution in [0.25, 0.3) is 11.3 Å². The molecule has 3 aliphatic heterocycles. The first kappa shape index (κ1) is 89.7. The molecule has 39 heteroatoms. The summed E-state index contributed by atoms with van der Waals surface area (Å²) in [6, 6.07) is 30.3. The quantitative estimate of drug-likeness (QED) is 0.0168. The van der Waals surface area contributed by atoms with Crippen molar-refractivity contribution < 1.29 is 95.4 Å². The summed E-state index contributed by atoms with van der Waals surface area (Å²) in [5.41, 5.74) is -0.583. The number of ether oxygens (including phenoxy) is 6. The van der Waals surface area contributed by atoms with E-state index >= 15 is 4.39 Å². The van der Waals surface area contributed by atoms with Crippen molar-refractivity contribution in [2.45, 2.75) is 82.1 Å². The number of methoxy groups -OCH3 is 3. The number of amides is 3. The second-order valence-corrected chi connectivity index (χ2v) is 30.7. The highest BCUT2D eigenvalue weighted by molar-refractivity contribution is 8.00. The molecule has 7 heterocycles. The first-order valence-electron chi connectivity index (χ1n) is 37.7. The van der Waals surface area contributed by atoms with Gasteiger partial charge in [0.05, 0.1) is 55.2 Å². The van der Waals surface area contributed by atoms with E-state index in [-0.39, 0.29) is 105 Å². The van der Waals surface area contributed by atoms with Gasteiger partial charge in [-0.05, 0) is 190 Å². The van der Waals surface area contributed by atoms with Gasteiger partial charge in [0, 0.05) is 81.5 Å². The Kier molecular flexibility index (Phi) is 29.0. The van der Waals surface area contributed by atoms with Gasteiger partial charge in [0.1, 0.15) is 63.2 Å². The summed E-state index contributed by atoms with van der Waals surface area (Å²) in [6.07, 6.45) is 0.448. The number of hydrogen-bond acceptors (Lipinski definition) is 24. The van der Waals surface area contributed by atoms with Crippen LogP contribution in [-0.2, 0) is 28.2 Å². The predicted octanol–water partition coefficient (Wildman–Crippen LogP) is 15.3. The molecule has 10 aromatic rings. The van der Waals surface area contributed by atoms with Gasteiger partial charge in [-0.25, -0.2) is 23.6 Å². The molecular formula is C83H85F10N17O11S. The number of rotatable bonds is 24. The fourth-order valence-electron chi connectivity index (χ4n) is 12.8. The third-order valence-corrected chi connectivity index (χ3v) is 20.0. The Morgan fingerprint density at radius 2 is 0.910 bits per heavy atom. The fourth-order valence-corrected chi connectivity index (χ4v) is 13.4. The standard InChI is InChI=1S/C28H27F4N5O3.C28H27F3N6O4.C27H31F3N6O4S/c1-5-18-16(2)7-6-8-23(18)40-26-20(28(30,31)32)15-33-27(36-26)35-22-14-21(29)19(13-24(22)39-4)25(38)34-17-9-11-37(3)12-10-17;1-37-12-9-18(10-13-37)33-25(38)17-7-8-22(24(15-17)39-2)34-27-32-16-20(28(29,30)31)26(35-27)41-23-6-4-3-5-19(23)21-11-14-40-36-21;1-36-13-11-18(12-14-36)32-24(37)17-9-10-20(23(15-17)39-2)33-26-31-16-19(27(28,29)30)25(34-26)40-22-8-6-5-7-21(22)35-41(3,4)38/h1,6-8,13-15,17H,9-12H2,2-4H3,(H,34,38)(H,33,35,36);3-8,11,14-16,18H,9-10,12-13H2,1-2H3,(H,33,38)(H,32,34,35);5-10,15-16,18H,3,11-14H2,1-2,4H3,(H,32,37)(H,35,38)(H,31,33,34). The molecule has 644 valence electrons. The topological polar surface area (TPSA) is 321 Å². The molecule has 1 unspecified atom stereocenters. The molecule has 3 aliphatic rings. The average Bonchev–Trinajstić information content (AvgIpc) is 0.916. The zero-order valence-corrected chi connectivity index (χ0v) is 67.8. The Bertz CT molecular complexity index is 5530. The first-order chi connectivity index (χ1) is 58.0. The van der Waals surface area contributed by atoms with E-state index in [0.717, 1.165) is 83.9 Å². The Morgan fingerprint density at radius 3 is 1.34 bits per heavy atom. The molecule has 28 nitrogen and oxygen atoms in total. The minimum Gasteiger partial charge on any atom is -0.495 e. The lowest BCUT2D eigenvalue weighted by atomic mass is 10.0. The van der Waals surface area contributed by atoms with Crippen LogP contribution in [-0.4, -0.2) is 184 Å². The van der Waals surface area contributed by atoms with Crippen LogP contribution in [0.3, 0.4) is 0 Å². The molecule has 0 spiro atoms. The lowest BCUT2D eigenvalue weighted by molar-refractivity contribution is -0.140. The number of alkyl halides is 9. The van der Waals surface area contributed by atoms with Gasteiger partial charge in [-0.3, -0.25) is 14.4 Å². The maximum absolute atomic E-state index is 15.0. The molecule has 0 radical (unpaired) electrons. The number of anilines is 7. The number of nitrogens with one attached hydrogen (secondary N) is 7. The highest BCUT2D eigenvalue weighted by atomic mass is 32.2. The van der Waals surface area contributed by atoms with Crippen molar-refractivity contribution >= 4 is 73.9 Å². The summed E-state index contributed by atoms with van der Waals surface area (Å²) >= 11 is 0. The molecule has 1 atom stereocenters. The van der Waals surface area contributed by atoms with Gasteiger partial charge in [-0.1, -0.05) is 47.5 Å². The molecule has 7 N–H and O–H groups in total. The number of likely N-dealkylation sites (tertiary alicyclic amines) is 3. The van der Waals surface area contributed by atoms with Gasteiger partial charge in [0.2, 0.25) is 35.5 Å². The lowest BCUT2D eigenvalue weighted by Crippen LogP contribution is -2.43. The van der Waals surface area contributed by atoms with E-state index in [2.05, 4.69) is 98.2 Å². The highest BCUT2D eigenvalue weighted by Crippen LogP contribution is 2.44. The molecule has 122 heavy (non-hydrogen) atoms. The molecule has 0 saturated carbocycles.